The van der Waals surface area contributed by atoms with Gasteiger partial charge in [0.25, 0.3) is 0 Å². The van der Waals surface area contributed by atoms with E-state index in [2.05, 4.69) is 25.4 Å². The minimum atomic E-state index is -1.79. The average molecular weight is 1420 g/mol. The van der Waals surface area contributed by atoms with E-state index in [4.69, 9.17) is 26.9 Å². The number of nitrogen functional groups attached to an aromatic ring is 2. The number of hydrogen-bond acceptors (Lipinski definition) is 31. The lowest BCUT2D eigenvalue weighted by atomic mass is 9.90. The van der Waals surface area contributed by atoms with Crippen LogP contribution in [0, 0.1) is 11.8 Å². The number of hydrogen-bond donors (Lipinski definition) is 12. The molecule has 6 heterocycles. The fourth-order valence-corrected chi connectivity index (χ4v) is 16.4. The molecule has 15 N–H and O–H groups in total. The second-order valence-electron chi connectivity index (χ2n) is 21.8. The number of carboxylic acids is 4. The summed E-state index contributed by atoms with van der Waals surface area (Å²) < 4.78 is -2.99. The number of ketones is 5. The first kappa shape index (κ1) is 72.4. The van der Waals surface area contributed by atoms with Crippen molar-refractivity contribution in [3.05, 3.63) is 69.7 Å². The molecule has 6 atom stereocenters. The van der Waals surface area contributed by atoms with Gasteiger partial charge >= 0.3 is 29.9 Å². The lowest BCUT2D eigenvalue weighted by Crippen LogP contribution is -2.57. The van der Waals surface area contributed by atoms with Gasteiger partial charge in [-0.2, -0.15) is 5.10 Å². The van der Waals surface area contributed by atoms with Gasteiger partial charge in [0.2, 0.25) is 34.6 Å². The number of amides is 4. The SMILES string of the molecule is CC(C)(O/N=C(\C(=O)C[C@@H]1C(=O)N2C[C@](SCCCC(=O)/C(=N\NC(N)=O)c3ccc(O)c(O)c3)(C(=O)O)S[C@H]12)c1csc(N)n1)C(=O)O.CC(C)(O/N=C(\C(=O)C[C@@H]1C(=O)N2C[C@](SCCCC(=O)C(=O)c3ccc(O)c(O)c3)(C(=O)O)S[C@H]12)c1csc(N)n1)C(=O)O. The lowest BCUT2D eigenvalue weighted by Gasteiger charge is -2.41. The molecule has 4 aliphatic heterocycles. The molecule has 0 saturated carbocycles. The number of aliphatic carboxylic acids is 4. The summed E-state index contributed by atoms with van der Waals surface area (Å²) in [7, 11) is 0. The van der Waals surface area contributed by atoms with Gasteiger partial charge in [-0.25, -0.2) is 39.4 Å². The zero-order chi connectivity index (χ0) is 69.5. The summed E-state index contributed by atoms with van der Waals surface area (Å²) in [5, 5.41) is 90.4. The van der Waals surface area contributed by atoms with Gasteiger partial charge in [0, 0.05) is 47.6 Å². The number of phenolic OH excluding ortho intramolecular Hbond substituents is 4. The van der Waals surface area contributed by atoms with Crippen molar-refractivity contribution < 1.29 is 108 Å². The molecule has 2 aromatic carbocycles. The molecule has 0 bridgehead atoms. The summed E-state index contributed by atoms with van der Waals surface area (Å²) in [6.45, 7) is 4.61. The van der Waals surface area contributed by atoms with Crippen LogP contribution in [0.2, 0.25) is 0 Å². The third-order valence-corrected chi connectivity index (χ3v) is 22.4. The summed E-state index contributed by atoms with van der Waals surface area (Å²) in [5.41, 5.74) is 14.0. The Kier molecular flexibility index (Phi) is 22.7. The molecule has 4 aliphatic rings. The number of fused-ring (bicyclic) bond motifs is 2. The number of hydrazone groups is 1. The van der Waals surface area contributed by atoms with E-state index < -0.39 is 136 Å². The predicted octanol–water partition coefficient (Wildman–Crippen LogP) is 3.10. The highest BCUT2D eigenvalue weighted by Crippen LogP contribution is 2.57. The van der Waals surface area contributed by atoms with Gasteiger partial charge in [-0.1, -0.05) is 10.3 Å². The number of nitrogens with two attached hydrogens (primary N) is 3. The summed E-state index contributed by atoms with van der Waals surface area (Å²) in [5.74, 6) is -13.0. The maximum Gasteiger partial charge on any atom is 0.350 e. The largest absolute Gasteiger partial charge is 0.504 e. The monoisotopic (exact) mass is 1420 g/mol. The number of carbonyl (C=O) groups excluding carboxylic acids is 8. The van der Waals surface area contributed by atoms with Crippen LogP contribution in [0.3, 0.4) is 0 Å². The number of anilines is 2. The number of oxime groups is 2. The first-order valence-electron chi connectivity index (χ1n) is 27.5. The average Bonchev–Trinajstić information content (AvgIpc) is 1.58. The van der Waals surface area contributed by atoms with Crippen molar-refractivity contribution in [3.63, 3.8) is 0 Å². The molecule has 0 aliphatic carbocycles. The van der Waals surface area contributed by atoms with Gasteiger partial charge in [-0.05, 0) is 88.4 Å². The predicted molar refractivity (Wildman–Crippen MR) is 341 cm³/mol. The zero-order valence-electron chi connectivity index (χ0n) is 49.6. The Morgan fingerprint density at radius 2 is 1.02 bits per heavy atom. The van der Waals surface area contributed by atoms with E-state index in [1.54, 1.807) is 0 Å². The summed E-state index contributed by atoms with van der Waals surface area (Å²) >= 11 is 6.03. The van der Waals surface area contributed by atoms with Crippen molar-refractivity contribution in [3.8, 4) is 23.0 Å². The van der Waals surface area contributed by atoms with E-state index >= 15 is 0 Å². The number of β-lactam (4-membered cyclic amide) rings is 2. The number of carbonyl (C=O) groups is 12. The third-order valence-electron chi connectivity index (χ3n) is 14.2. The maximum absolute atomic E-state index is 13.4. The van der Waals surface area contributed by atoms with Gasteiger partial charge in [0.05, 0.1) is 35.7 Å². The number of nitrogens with one attached hydrogen (secondary N) is 1. The van der Waals surface area contributed by atoms with Crippen LogP contribution < -0.4 is 22.6 Å². The molecular weight excluding hydrogens is 1360 g/mol. The second kappa shape index (κ2) is 29.5. The Hall–Kier alpha value is -9.05. The first-order chi connectivity index (χ1) is 44.0. The van der Waals surface area contributed by atoms with Crippen molar-refractivity contribution >= 4 is 168 Å². The van der Waals surface area contributed by atoms with Crippen molar-refractivity contribution in [2.45, 2.75) is 96.3 Å². The fraction of sp³-hybridized carbons (Fsp3) is 0.400. The van der Waals surface area contributed by atoms with E-state index in [1.165, 1.54) is 60.4 Å². The minimum absolute atomic E-state index is 0.0298. The molecule has 0 spiro atoms. The van der Waals surface area contributed by atoms with Gasteiger partial charge in [-0.3, -0.25) is 33.6 Å². The van der Waals surface area contributed by atoms with E-state index in [0.29, 0.717) is 0 Å². The van der Waals surface area contributed by atoms with E-state index in [1.807, 2.05) is 5.43 Å². The van der Waals surface area contributed by atoms with Crippen molar-refractivity contribution in [1.82, 2.24) is 25.2 Å². The Morgan fingerprint density at radius 3 is 1.39 bits per heavy atom. The highest BCUT2D eigenvalue weighted by atomic mass is 32.2. The first-order valence-corrected chi connectivity index (χ1v) is 33.0. The van der Waals surface area contributed by atoms with Crippen molar-refractivity contribution in [1.29, 1.82) is 0 Å². The molecule has 4 saturated heterocycles. The normalized spacial score (nSPS) is 20.9. The molecule has 4 amide bonds. The number of primary amides is 1. The molecule has 39 heteroatoms. The molecule has 502 valence electrons. The number of nitrogens with zero attached hydrogens (tertiary/aromatic N) is 7. The number of benzene rings is 2. The molecule has 8 rings (SSSR count). The van der Waals surface area contributed by atoms with Crippen LogP contribution in [0.4, 0.5) is 15.1 Å². The number of urea groups is 1. The van der Waals surface area contributed by atoms with Gasteiger partial charge in [0.15, 0.2) is 70.2 Å². The highest BCUT2D eigenvalue weighted by Gasteiger charge is 2.64. The second-order valence-corrected chi connectivity index (χ2v) is 29.7. The van der Waals surface area contributed by atoms with E-state index in [9.17, 15) is 98.4 Å². The van der Waals surface area contributed by atoms with Crippen LogP contribution in [-0.4, -0.2) is 203 Å². The smallest absolute Gasteiger partial charge is 0.350 e. The molecule has 33 nitrogen and oxygen atoms in total. The Morgan fingerprint density at radius 1 is 0.617 bits per heavy atom. The fourth-order valence-electron chi connectivity index (χ4n) is 8.96. The third kappa shape index (κ3) is 16.5. The number of carboxylic acid groups (broad SMARTS) is 4. The van der Waals surface area contributed by atoms with Crippen LogP contribution in [-0.2, 0) is 57.6 Å². The number of aromatic hydroxyl groups is 4. The van der Waals surface area contributed by atoms with Crippen LogP contribution >= 0.6 is 69.7 Å². The maximum atomic E-state index is 13.4. The lowest BCUT2D eigenvalue weighted by molar-refractivity contribution is -0.161. The van der Waals surface area contributed by atoms with Crippen molar-refractivity contribution in [2.24, 2.45) is 33.0 Å². The molecule has 0 radical (unpaired) electrons. The summed E-state index contributed by atoms with van der Waals surface area (Å²) in [6.07, 6.45) is -0.795. The van der Waals surface area contributed by atoms with Crippen LogP contribution in [0.15, 0.2) is 62.6 Å². The quantitative estimate of drug-likeness (QED) is 0.00655. The van der Waals surface area contributed by atoms with Crippen LogP contribution in [0.1, 0.15) is 93.5 Å². The summed E-state index contributed by atoms with van der Waals surface area (Å²) in [4.78, 5) is 171. The van der Waals surface area contributed by atoms with Crippen LogP contribution in [0.25, 0.3) is 0 Å². The molecule has 4 aromatic rings. The highest BCUT2D eigenvalue weighted by molar-refractivity contribution is 8.20. The van der Waals surface area contributed by atoms with Gasteiger partial charge < -0.3 is 77.5 Å². The number of thiazole rings is 2. The van der Waals surface area contributed by atoms with Gasteiger partial charge in [-0.15, -0.1) is 69.7 Å². The Labute approximate surface area is 555 Å². The zero-order valence-corrected chi connectivity index (χ0v) is 54.5. The van der Waals surface area contributed by atoms with Crippen LogP contribution in [0.5, 0.6) is 23.0 Å². The Bertz CT molecular complexity index is 3860. The minimum Gasteiger partial charge on any atom is -0.504 e. The standard InChI is InChI=1S/C28H31N7O11S3.C27H28N4O11S3/c1-27(2,23(41)42)46-34-20(14-10-47-26(30)31-14)18(39)9-13-21(40)35-11-28(24(43)44,49-22(13)35)48-7-3-4-16(37)19(32-33-25(29)45)12-5-6-15(36)17(38)8-12;1-26(2,23(38)39)42-30-19(14-10-43-25(28)29-14)18(35)9-13-21(37)31-11-27(24(40)41,45-22(13)31)44-7-3-4-16(33)20(36)12-5-6-15(32)17(34)8-12/h5-6,8,10,13,22,36,38H,3-4,7,9,11H2,1-2H3,(H2,30,31)(H,41,42)(H,43,44)(H3,29,33,45);5-6,8,10,13,22,32,34H,3-4,7,9,11H2,1-2H3,(H2,28,29)(H,38,39)(H,40,41)/b32-19-,34-20-;30-19-/t13-,22-,28-;13-,22-,27-/m11/s1. The number of aromatic nitrogens is 2. The Balaban J connectivity index is 0.000000267. The molecule has 2 aromatic heterocycles. The summed E-state index contributed by atoms with van der Waals surface area (Å²) in [6, 6.07) is 5.72. The number of rotatable bonds is 31. The molecule has 94 heavy (non-hydrogen) atoms. The number of phenols is 4. The van der Waals surface area contributed by atoms with Gasteiger partial charge in [0.1, 0.15) is 17.1 Å². The molecular formula is C55H59N11O22S6. The number of Topliss-reactive ketones (excluding diaryl/α,β-unsaturated/α-hetero) is 5. The number of thioether (sulfide) groups is 4. The van der Waals surface area contributed by atoms with Crippen molar-refractivity contribution in [2.75, 3.05) is 36.1 Å². The topological polar surface area (TPSA) is 545 Å². The molecule has 4 fully saturated rings. The van der Waals surface area contributed by atoms with E-state index in [-0.39, 0.29) is 113 Å². The molecule has 0 unspecified atom stereocenters. The van der Waals surface area contributed by atoms with E-state index in [0.717, 1.165) is 94.0 Å².